The van der Waals surface area contributed by atoms with Gasteiger partial charge >= 0.3 is 49.8 Å². The average molecular weight is 732 g/mol. The van der Waals surface area contributed by atoms with Crippen LogP contribution in [0.25, 0.3) is 0 Å². The van der Waals surface area contributed by atoms with Crippen molar-refractivity contribution in [2.45, 2.75) is 86.0 Å². The summed E-state index contributed by atoms with van der Waals surface area (Å²) in [5, 5.41) is 28.0. The van der Waals surface area contributed by atoms with Gasteiger partial charge in [0.05, 0.1) is 23.8 Å². The molecule has 0 atom stereocenters. The van der Waals surface area contributed by atoms with Gasteiger partial charge in [0.15, 0.2) is 0 Å². The molecule has 0 aliphatic heterocycles. The van der Waals surface area contributed by atoms with Crippen LogP contribution < -0.4 is 10.2 Å². The minimum absolute atomic E-state index is 0. The molecule has 1 aromatic carbocycles. The van der Waals surface area contributed by atoms with Crippen molar-refractivity contribution in [1.82, 2.24) is 24.6 Å². The molecule has 4 rings (SSSR count). The van der Waals surface area contributed by atoms with E-state index in [1.54, 1.807) is 0 Å². The fourth-order valence-corrected chi connectivity index (χ4v) is 4.20. The molecule has 262 valence electrons. The second-order valence-electron chi connectivity index (χ2n) is 13.0. The molecule has 3 heterocycles. The van der Waals surface area contributed by atoms with Crippen molar-refractivity contribution in [3.05, 3.63) is 101 Å². The van der Waals surface area contributed by atoms with Crippen LogP contribution >= 0.6 is 7.81 Å². The number of aryl methyl sites for hydroxylation is 2. The van der Waals surface area contributed by atoms with Crippen LogP contribution in [0.3, 0.4) is 0 Å². The van der Waals surface area contributed by atoms with Gasteiger partial charge < -0.3 is 10.2 Å². The molecule has 0 spiro atoms. The first-order chi connectivity index (χ1) is 20.7. The van der Waals surface area contributed by atoms with Crippen molar-refractivity contribution in [2.75, 3.05) is 0 Å². The van der Waals surface area contributed by atoms with E-state index >= 15 is 0 Å². The van der Waals surface area contributed by atoms with Gasteiger partial charge in [-0.3, -0.25) is 19.5 Å². The maximum Gasteiger partial charge on any atom is 3.00 e. The minimum Gasteiger partial charge on any atom is 3.00 e. The van der Waals surface area contributed by atoms with Crippen LogP contribution in [0.5, 0.6) is 11.5 Å². The first-order valence-corrected chi connectivity index (χ1v) is 16.3. The molecule has 3 aromatic heterocycles. The summed E-state index contributed by atoms with van der Waals surface area (Å²) in [7, 11) is -10.7. The summed E-state index contributed by atoms with van der Waals surface area (Å²) in [6.45, 7) is 18.3. The van der Waals surface area contributed by atoms with E-state index in [1.807, 2.05) is 108 Å². The smallest absolute Gasteiger partial charge is 3.00 e. The largest absolute Gasteiger partial charge is 3.00 e. The zero-order chi connectivity index (χ0) is 35.2. The molecule has 0 unspecified atom stereocenters. The van der Waals surface area contributed by atoms with Gasteiger partial charge in [-0.1, -0.05) is 71.4 Å². The Labute approximate surface area is 282 Å². The maximum atomic E-state index is 11.8. The number of rotatable bonds is 6. The Hall–Kier alpha value is -3.19. The number of aromatic nitrogens is 4. The summed E-state index contributed by atoms with van der Waals surface area (Å²) in [4.78, 5) is 11.2. The predicted molar refractivity (Wildman–Crippen MR) is 166 cm³/mol. The van der Waals surface area contributed by atoms with Gasteiger partial charge in [0.1, 0.15) is 0 Å². The van der Waals surface area contributed by atoms with Gasteiger partial charge in [0, 0.05) is 31.2 Å². The molecule has 0 amide bonds. The minimum atomic E-state index is -10.7. The van der Waals surface area contributed by atoms with E-state index in [4.69, 9.17) is 0 Å². The second kappa shape index (κ2) is 14.9. The molecule has 0 saturated heterocycles. The molecule has 47 heavy (non-hydrogen) atoms. The Kier molecular flexibility index (Phi) is 13.3. The van der Waals surface area contributed by atoms with Crippen LogP contribution in [0.4, 0.5) is 25.2 Å². The first kappa shape index (κ1) is 41.8. The molecule has 0 bridgehead atoms. The maximum absolute atomic E-state index is 11.8. The summed E-state index contributed by atoms with van der Waals surface area (Å²) in [6, 6.07) is 17.5. The number of halogens is 6. The van der Waals surface area contributed by atoms with Crippen molar-refractivity contribution >= 4 is 7.81 Å². The van der Waals surface area contributed by atoms with Gasteiger partial charge in [-0.15, -0.1) is 11.5 Å². The van der Waals surface area contributed by atoms with Gasteiger partial charge in [0.25, 0.3) is 0 Å². The molecular formula is C32H41CoF6N5O2P. The Balaban J connectivity index is 0.000000401. The molecule has 0 fully saturated rings. The monoisotopic (exact) mass is 731 g/mol. The fraction of sp³-hybridized carbons (Fsp3) is 0.406. The van der Waals surface area contributed by atoms with Crippen molar-refractivity contribution in [3.63, 3.8) is 0 Å². The number of hydrogen-bond acceptors (Lipinski definition) is 6. The number of hydrogen-bond donors (Lipinski definition) is 0. The van der Waals surface area contributed by atoms with E-state index in [0.717, 1.165) is 41.4 Å². The summed E-state index contributed by atoms with van der Waals surface area (Å²) < 4.78 is 61.2. The van der Waals surface area contributed by atoms with Gasteiger partial charge in [0.2, 0.25) is 0 Å². The number of nitrogens with zero attached hydrogens (tertiary/aromatic N) is 5. The summed E-state index contributed by atoms with van der Waals surface area (Å²) >= 11 is 0. The van der Waals surface area contributed by atoms with E-state index in [1.165, 1.54) is 6.07 Å². The number of benzene rings is 1. The van der Waals surface area contributed by atoms with E-state index in [2.05, 4.69) is 33.0 Å². The molecule has 0 aliphatic rings. The normalized spacial score (nSPS) is 13.3. The van der Waals surface area contributed by atoms with Crippen LogP contribution in [0.2, 0.25) is 0 Å². The van der Waals surface area contributed by atoms with Gasteiger partial charge in [-0.2, -0.15) is 5.10 Å². The van der Waals surface area contributed by atoms with Gasteiger partial charge in [-0.05, 0) is 60.6 Å². The van der Waals surface area contributed by atoms with Crippen LogP contribution in [0.1, 0.15) is 75.4 Å². The van der Waals surface area contributed by atoms with E-state index in [9.17, 15) is 35.4 Å². The number of pyridine rings is 2. The molecule has 15 heteroatoms. The quantitative estimate of drug-likeness (QED) is 0.146. The van der Waals surface area contributed by atoms with Crippen LogP contribution in [-0.4, -0.2) is 24.6 Å². The third-order valence-electron chi connectivity index (χ3n) is 6.39. The molecular weight excluding hydrogens is 690 g/mol. The van der Waals surface area contributed by atoms with E-state index in [-0.39, 0.29) is 33.4 Å². The Bertz CT molecular complexity index is 1520. The molecule has 0 saturated carbocycles. The molecule has 7 nitrogen and oxygen atoms in total. The second-order valence-corrected chi connectivity index (χ2v) is 14.9. The van der Waals surface area contributed by atoms with Crippen molar-refractivity contribution in [1.29, 1.82) is 0 Å². The fourth-order valence-electron chi connectivity index (χ4n) is 4.20. The van der Waals surface area contributed by atoms with Gasteiger partial charge in [-0.25, -0.2) is 0 Å². The standard InChI is InChI=1S/C18H21N5.C14H22O2.Co.F6P/c1-15-11-16(2)23(21-15)14-22(12-17-7-3-5-9-19-17)13-18-8-4-6-10-20-18;1-13(2,3)9-7-10(14(4,5)6)12(16)11(15)8-9;;1-7(2,3,4,5)6/h3-11H,12-14H2,1-2H3;7-8,15-16H,1-6H3;;/q;;+3;-1/p-2. The predicted octanol–water partition coefficient (Wildman–Crippen LogP) is 8.76. The van der Waals surface area contributed by atoms with Crippen LogP contribution in [0, 0.1) is 13.8 Å². The van der Waals surface area contributed by atoms with Crippen molar-refractivity contribution in [2.24, 2.45) is 0 Å². The Morgan fingerprint density at radius 3 is 1.55 bits per heavy atom. The molecule has 0 aliphatic carbocycles. The molecule has 0 N–H and O–H groups in total. The zero-order valence-corrected chi connectivity index (χ0v) is 29.5. The topological polar surface area (TPSA) is 93.0 Å². The van der Waals surface area contributed by atoms with Crippen molar-refractivity contribution in [3.8, 4) is 11.5 Å². The van der Waals surface area contributed by atoms with E-state index < -0.39 is 13.6 Å². The molecule has 4 aromatic rings. The Morgan fingerprint density at radius 2 is 1.21 bits per heavy atom. The first-order valence-electron chi connectivity index (χ1n) is 14.3. The summed E-state index contributed by atoms with van der Waals surface area (Å²) in [6.07, 6.45) is 3.66. The SMILES string of the molecule is CC(C)(C)c1cc([O-])c([O-])c(C(C)(C)C)c1.Cc1cc(C)n(CN(Cc2ccccn2)Cc2ccccn2)n1.F[P-](F)(F)(F)(F)F.[Co+3]. The molecule has 0 radical (unpaired) electrons. The summed E-state index contributed by atoms with van der Waals surface area (Å²) in [5.41, 5.74) is 5.46. The summed E-state index contributed by atoms with van der Waals surface area (Å²) in [5.74, 6) is -0.752. The van der Waals surface area contributed by atoms with Crippen LogP contribution in [-0.2, 0) is 47.4 Å². The van der Waals surface area contributed by atoms with E-state index in [0.29, 0.717) is 12.2 Å². The van der Waals surface area contributed by atoms with Crippen molar-refractivity contribution < 1.29 is 52.2 Å². The third-order valence-corrected chi connectivity index (χ3v) is 6.39. The third kappa shape index (κ3) is 17.0. The van der Waals surface area contributed by atoms with Crippen LogP contribution in [0.15, 0.2) is 67.0 Å². The average Bonchev–Trinajstić information content (AvgIpc) is 3.20. The Morgan fingerprint density at radius 1 is 0.745 bits per heavy atom. The zero-order valence-electron chi connectivity index (χ0n) is 27.6.